The Morgan fingerprint density at radius 2 is 1.67 bits per heavy atom. The molecule has 0 N–H and O–H groups in total. The molecule has 1 aromatic heterocycles. The maximum Gasteiger partial charge on any atom is 0.228 e. The van der Waals surface area contributed by atoms with E-state index in [2.05, 4.69) is 97.4 Å². The molecule has 2 rings (SSSR count). The first-order valence-corrected chi connectivity index (χ1v) is 7.32. The van der Waals surface area contributed by atoms with Crippen LogP contribution in [0.2, 0.25) is 0 Å². The van der Waals surface area contributed by atoms with Crippen LogP contribution in [0.4, 0.5) is 5.69 Å². The Morgan fingerprint density at radius 1 is 0.952 bits per heavy atom. The molecule has 0 aliphatic carbocycles. The minimum Gasteiger partial charge on any atom is -0.372 e. The van der Waals surface area contributed by atoms with Crippen LogP contribution in [0.1, 0.15) is 18.2 Å². The maximum atomic E-state index is 2.25. The Labute approximate surface area is 127 Å². The Bertz CT molecular complexity index is 625. The van der Waals surface area contributed by atoms with Gasteiger partial charge in [-0.05, 0) is 18.6 Å². The van der Waals surface area contributed by atoms with Crippen LogP contribution in [0, 0.1) is 0 Å². The number of aryl methyl sites for hydroxylation is 1. The smallest absolute Gasteiger partial charge is 0.228 e. The highest BCUT2D eigenvalue weighted by Gasteiger charge is 2.12. The SMILES string of the molecule is CC[n+]1cccc(N(C)C)c1/C=C/C=C/c1ccccc1. The number of allylic oxidation sites excluding steroid dienone is 2. The van der Waals surface area contributed by atoms with E-state index in [1.54, 1.807) is 0 Å². The fourth-order valence-corrected chi connectivity index (χ4v) is 2.26. The lowest BCUT2D eigenvalue weighted by molar-refractivity contribution is -0.694. The van der Waals surface area contributed by atoms with E-state index in [0.717, 1.165) is 6.54 Å². The molecule has 1 heterocycles. The summed E-state index contributed by atoms with van der Waals surface area (Å²) in [6.45, 7) is 3.13. The molecule has 2 aromatic rings. The second-order valence-electron chi connectivity index (χ2n) is 5.09. The summed E-state index contributed by atoms with van der Waals surface area (Å²) in [6, 6.07) is 14.6. The summed E-state index contributed by atoms with van der Waals surface area (Å²) >= 11 is 0. The number of rotatable bonds is 5. The third-order valence-corrected chi connectivity index (χ3v) is 3.37. The normalized spacial score (nSPS) is 11.4. The lowest BCUT2D eigenvalue weighted by atomic mass is 10.2. The van der Waals surface area contributed by atoms with E-state index in [9.17, 15) is 0 Å². The van der Waals surface area contributed by atoms with Crippen molar-refractivity contribution in [2.75, 3.05) is 19.0 Å². The Hall–Kier alpha value is -2.35. The van der Waals surface area contributed by atoms with Crippen molar-refractivity contribution < 1.29 is 4.57 Å². The topological polar surface area (TPSA) is 7.12 Å². The lowest BCUT2D eigenvalue weighted by Crippen LogP contribution is -2.36. The van der Waals surface area contributed by atoms with E-state index in [1.165, 1.54) is 16.9 Å². The molecule has 0 unspecified atom stereocenters. The first-order chi connectivity index (χ1) is 10.2. The third-order valence-electron chi connectivity index (χ3n) is 3.37. The van der Waals surface area contributed by atoms with E-state index in [-0.39, 0.29) is 0 Å². The van der Waals surface area contributed by atoms with Crippen LogP contribution >= 0.6 is 0 Å². The van der Waals surface area contributed by atoms with Gasteiger partial charge in [0.1, 0.15) is 12.2 Å². The quantitative estimate of drug-likeness (QED) is 0.596. The van der Waals surface area contributed by atoms with Gasteiger partial charge in [-0.3, -0.25) is 0 Å². The second kappa shape index (κ2) is 7.44. The number of nitrogens with zero attached hydrogens (tertiary/aromatic N) is 2. The average molecular weight is 279 g/mol. The summed E-state index contributed by atoms with van der Waals surface area (Å²) in [5.74, 6) is 0. The van der Waals surface area contributed by atoms with Crippen LogP contribution < -0.4 is 9.47 Å². The molecule has 2 nitrogen and oxygen atoms in total. The summed E-state index contributed by atoms with van der Waals surface area (Å²) in [6.07, 6.45) is 10.6. The third kappa shape index (κ3) is 4.06. The molecule has 0 saturated heterocycles. The minimum absolute atomic E-state index is 0.962. The highest BCUT2D eigenvalue weighted by molar-refractivity contribution is 5.63. The van der Waals surface area contributed by atoms with E-state index < -0.39 is 0 Å². The van der Waals surface area contributed by atoms with Crippen molar-refractivity contribution in [1.82, 2.24) is 0 Å². The van der Waals surface area contributed by atoms with Gasteiger partial charge in [0.05, 0.1) is 0 Å². The van der Waals surface area contributed by atoms with Gasteiger partial charge < -0.3 is 4.90 Å². The van der Waals surface area contributed by atoms with Gasteiger partial charge in [-0.15, -0.1) is 0 Å². The first-order valence-electron chi connectivity index (χ1n) is 7.32. The molecule has 2 heteroatoms. The number of benzene rings is 1. The van der Waals surface area contributed by atoms with Gasteiger partial charge in [0.15, 0.2) is 6.20 Å². The molecule has 21 heavy (non-hydrogen) atoms. The van der Waals surface area contributed by atoms with Crippen LogP contribution in [0.3, 0.4) is 0 Å². The van der Waals surface area contributed by atoms with Gasteiger partial charge >= 0.3 is 0 Å². The van der Waals surface area contributed by atoms with Gasteiger partial charge in [-0.1, -0.05) is 48.6 Å². The summed E-state index contributed by atoms with van der Waals surface area (Å²) in [4.78, 5) is 2.15. The van der Waals surface area contributed by atoms with Gasteiger partial charge in [-0.25, -0.2) is 0 Å². The summed E-state index contributed by atoms with van der Waals surface area (Å²) in [5.41, 5.74) is 3.66. The molecule has 0 spiro atoms. The number of anilines is 1. The predicted octanol–water partition coefficient (Wildman–Crippen LogP) is 3.79. The van der Waals surface area contributed by atoms with Crippen LogP contribution in [0.5, 0.6) is 0 Å². The van der Waals surface area contributed by atoms with E-state index in [0.29, 0.717) is 0 Å². The number of hydrogen-bond acceptors (Lipinski definition) is 1. The maximum absolute atomic E-state index is 2.25. The predicted molar refractivity (Wildman–Crippen MR) is 91.1 cm³/mol. The minimum atomic E-state index is 0.962. The fourth-order valence-electron chi connectivity index (χ4n) is 2.26. The molecule has 0 saturated carbocycles. The van der Waals surface area contributed by atoms with Gasteiger partial charge in [0, 0.05) is 26.2 Å². The highest BCUT2D eigenvalue weighted by atomic mass is 15.1. The zero-order valence-electron chi connectivity index (χ0n) is 13.0. The first kappa shape index (κ1) is 15.0. The molecule has 108 valence electrons. The summed E-state index contributed by atoms with van der Waals surface area (Å²) in [7, 11) is 4.15. The van der Waals surface area contributed by atoms with Crippen molar-refractivity contribution in [2.45, 2.75) is 13.5 Å². The second-order valence-corrected chi connectivity index (χ2v) is 5.09. The fraction of sp³-hybridized carbons (Fsp3) is 0.211. The number of pyridine rings is 1. The van der Waals surface area contributed by atoms with Crippen molar-refractivity contribution >= 4 is 17.8 Å². The standard InChI is InChI=1S/C19H23N2/c1-4-21-16-10-15-18(20(2)3)19(21)14-9-8-13-17-11-6-5-7-12-17/h5-16H,4H2,1-3H3/q+1/b13-8+,14-9+. The van der Waals surface area contributed by atoms with Gasteiger partial charge in [0.25, 0.3) is 0 Å². The zero-order chi connectivity index (χ0) is 15.1. The van der Waals surface area contributed by atoms with E-state index in [1.807, 2.05) is 6.07 Å². The molecule has 1 aromatic carbocycles. The van der Waals surface area contributed by atoms with E-state index in [4.69, 9.17) is 0 Å². The molecular formula is C19H23N2+. The van der Waals surface area contributed by atoms with Gasteiger partial charge in [0.2, 0.25) is 5.69 Å². The zero-order valence-corrected chi connectivity index (χ0v) is 13.0. The molecule has 0 aliphatic rings. The van der Waals surface area contributed by atoms with Crippen molar-refractivity contribution in [1.29, 1.82) is 0 Å². The summed E-state index contributed by atoms with van der Waals surface area (Å²) < 4.78 is 2.25. The van der Waals surface area contributed by atoms with Crippen molar-refractivity contribution in [3.8, 4) is 0 Å². The lowest BCUT2D eigenvalue weighted by Gasteiger charge is -2.13. The molecule has 0 bridgehead atoms. The molecule has 0 aliphatic heterocycles. The Morgan fingerprint density at radius 3 is 2.33 bits per heavy atom. The molecule has 0 atom stereocenters. The number of aromatic nitrogens is 1. The molecular weight excluding hydrogens is 256 g/mol. The summed E-state index contributed by atoms with van der Waals surface area (Å²) in [5, 5.41) is 0. The van der Waals surface area contributed by atoms with Gasteiger partial charge in [-0.2, -0.15) is 4.57 Å². The van der Waals surface area contributed by atoms with Crippen LogP contribution in [0.15, 0.2) is 60.8 Å². The highest BCUT2D eigenvalue weighted by Crippen LogP contribution is 2.15. The molecule has 0 radical (unpaired) electrons. The molecule has 0 fully saturated rings. The number of hydrogen-bond donors (Lipinski definition) is 0. The molecule has 0 amide bonds. The van der Waals surface area contributed by atoms with Crippen molar-refractivity contribution in [3.05, 3.63) is 72.1 Å². The average Bonchev–Trinajstić information content (AvgIpc) is 2.52. The largest absolute Gasteiger partial charge is 0.372 e. The Kier molecular flexibility index (Phi) is 5.33. The van der Waals surface area contributed by atoms with E-state index >= 15 is 0 Å². The Balaban J connectivity index is 2.22. The van der Waals surface area contributed by atoms with Crippen molar-refractivity contribution in [3.63, 3.8) is 0 Å². The van der Waals surface area contributed by atoms with Crippen LogP contribution in [0.25, 0.3) is 12.2 Å². The van der Waals surface area contributed by atoms with Crippen LogP contribution in [-0.4, -0.2) is 14.1 Å². The van der Waals surface area contributed by atoms with Crippen molar-refractivity contribution in [2.24, 2.45) is 0 Å². The van der Waals surface area contributed by atoms with Crippen LogP contribution in [-0.2, 0) is 6.54 Å². The monoisotopic (exact) mass is 279 g/mol.